The molecule has 0 aliphatic heterocycles. The number of hydrogen-bond acceptors (Lipinski definition) is 6. The maximum atomic E-state index is 12.4. The first-order chi connectivity index (χ1) is 11.1. The maximum Gasteiger partial charge on any atom is 0.267 e. The molecule has 1 aromatic carbocycles. The second-order valence-electron chi connectivity index (χ2n) is 5.21. The summed E-state index contributed by atoms with van der Waals surface area (Å²) in [6.07, 6.45) is 1.51. The largest absolute Gasteiger partial charge is 0.333 e. The molecule has 0 aliphatic carbocycles. The van der Waals surface area contributed by atoms with Crippen LogP contribution in [0.3, 0.4) is 0 Å². The number of carbonyl (C=O) groups excluding carboxylic acids is 1. The van der Waals surface area contributed by atoms with Crippen molar-refractivity contribution in [3.63, 3.8) is 0 Å². The number of benzene rings is 1. The van der Waals surface area contributed by atoms with Crippen molar-refractivity contribution in [2.24, 2.45) is 0 Å². The van der Waals surface area contributed by atoms with Gasteiger partial charge in [-0.1, -0.05) is 34.8 Å². The molecule has 0 aliphatic rings. The van der Waals surface area contributed by atoms with Crippen LogP contribution < -0.4 is 0 Å². The molecule has 0 N–H and O–H groups in total. The van der Waals surface area contributed by atoms with Crippen molar-refractivity contribution in [1.29, 1.82) is 0 Å². The maximum absolute atomic E-state index is 12.4. The number of hydrogen-bond donors (Lipinski definition) is 0. The third-order valence-corrected chi connectivity index (χ3v) is 5.74. The average molecular weight is 344 g/mol. The van der Waals surface area contributed by atoms with Gasteiger partial charge in [-0.3, -0.25) is 4.79 Å². The molecule has 1 amide bonds. The van der Waals surface area contributed by atoms with Crippen molar-refractivity contribution in [2.75, 3.05) is 7.05 Å². The molecular formula is C16H16N4OS2. The number of rotatable bonds is 4. The molecule has 7 heteroatoms. The summed E-state index contributed by atoms with van der Waals surface area (Å²) in [5, 5.41) is 4.71. The summed E-state index contributed by atoms with van der Waals surface area (Å²) < 4.78 is 3.75. The monoisotopic (exact) mass is 344 g/mol. The van der Waals surface area contributed by atoms with Crippen molar-refractivity contribution in [3.05, 3.63) is 52.0 Å². The van der Waals surface area contributed by atoms with Crippen LogP contribution in [0.1, 0.15) is 33.2 Å². The summed E-state index contributed by atoms with van der Waals surface area (Å²) in [5.41, 5.74) is 2.06. The zero-order valence-electron chi connectivity index (χ0n) is 13.1. The fraction of sp³-hybridized carbons (Fsp3) is 0.250. The molecule has 0 radical (unpaired) electrons. The quantitative estimate of drug-likeness (QED) is 0.722. The van der Waals surface area contributed by atoms with E-state index in [0.29, 0.717) is 4.88 Å². The molecule has 0 saturated heterocycles. The minimum atomic E-state index is -0.0680. The van der Waals surface area contributed by atoms with Gasteiger partial charge in [0.15, 0.2) is 0 Å². The second kappa shape index (κ2) is 6.55. The van der Waals surface area contributed by atoms with E-state index in [4.69, 9.17) is 0 Å². The van der Waals surface area contributed by atoms with Crippen LogP contribution in [0.2, 0.25) is 0 Å². The Bertz CT molecular complexity index is 799. The Morgan fingerprint density at radius 1 is 1.26 bits per heavy atom. The lowest BCUT2D eigenvalue weighted by Crippen LogP contribution is -2.29. The number of carbonyl (C=O) groups is 1. The highest BCUT2D eigenvalue weighted by Crippen LogP contribution is 2.34. The average Bonchev–Trinajstić information content (AvgIpc) is 3.23. The van der Waals surface area contributed by atoms with Crippen LogP contribution >= 0.6 is 22.9 Å². The third-order valence-electron chi connectivity index (χ3n) is 3.71. The summed E-state index contributed by atoms with van der Waals surface area (Å²) in [6.45, 7) is 4.00. The standard InChI is InChI=1S/C16H16N4OS2/c1-10-14(22-15(18-10)12-7-5-4-6-8-12)11(2)20(3)16(21)13-9-17-19-23-13/h4-9,11H,1-3H3/t11-/m1/s1. The van der Waals surface area contributed by atoms with Crippen LogP contribution in [0.25, 0.3) is 10.6 Å². The van der Waals surface area contributed by atoms with Crippen LogP contribution in [0.5, 0.6) is 0 Å². The molecule has 118 valence electrons. The summed E-state index contributed by atoms with van der Waals surface area (Å²) in [4.78, 5) is 20.5. The second-order valence-corrected chi connectivity index (χ2v) is 7.02. The van der Waals surface area contributed by atoms with E-state index in [2.05, 4.69) is 14.6 Å². The van der Waals surface area contributed by atoms with Crippen LogP contribution in [-0.2, 0) is 0 Å². The lowest BCUT2D eigenvalue weighted by atomic mass is 10.2. The van der Waals surface area contributed by atoms with E-state index in [0.717, 1.165) is 32.7 Å². The van der Waals surface area contributed by atoms with Gasteiger partial charge in [0.25, 0.3) is 5.91 Å². The van der Waals surface area contributed by atoms with Gasteiger partial charge in [0.05, 0.1) is 22.8 Å². The van der Waals surface area contributed by atoms with E-state index >= 15 is 0 Å². The summed E-state index contributed by atoms with van der Waals surface area (Å²) >= 11 is 2.74. The molecule has 0 saturated carbocycles. The Kier molecular flexibility index (Phi) is 4.49. The minimum Gasteiger partial charge on any atom is -0.333 e. The van der Waals surface area contributed by atoms with Gasteiger partial charge in [-0.15, -0.1) is 16.4 Å². The zero-order valence-corrected chi connectivity index (χ0v) is 14.7. The molecule has 2 heterocycles. The zero-order chi connectivity index (χ0) is 16.4. The molecule has 3 aromatic rings. The van der Waals surface area contributed by atoms with Crippen LogP contribution in [0, 0.1) is 6.92 Å². The van der Waals surface area contributed by atoms with Gasteiger partial charge in [0.2, 0.25) is 0 Å². The van der Waals surface area contributed by atoms with Crippen molar-refractivity contribution >= 4 is 28.8 Å². The van der Waals surface area contributed by atoms with Crippen LogP contribution in [0.15, 0.2) is 36.5 Å². The molecule has 0 spiro atoms. The Balaban J connectivity index is 1.86. The van der Waals surface area contributed by atoms with Gasteiger partial charge >= 0.3 is 0 Å². The van der Waals surface area contributed by atoms with E-state index < -0.39 is 0 Å². The molecule has 5 nitrogen and oxygen atoms in total. The highest BCUT2D eigenvalue weighted by molar-refractivity contribution is 7.15. The molecule has 3 rings (SSSR count). The SMILES string of the molecule is Cc1nc(-c2ccccc2)sc1[C@@H](C)N(C)C(=O)c1cnns1. The van der Waals surface area contributed by atoms with E-state index in [1.807, 2.05) is 44.2 Å². The lowest BCUT2D eigenvalue weighted by Gasteiger charge is -2.23. The first-order valence-electron chi connectivity index (χ1n) is 7.15. The minimum absolute atomic E-state index is 0.0560. The normalized spacial score (nSPS) is 12.1. The van der Waals surface area contributed by atoms with Gasteiger partial charge in [0, 0.05) is 12.6 Å². The molecule has 2 aromatic heterocycles. The fourth-order valence-electron chi connectivity index (χ4n) is 2.29. The van der Waals surface area contributed by atoms with Gasteiger partial charge < -0.3 is 4.90 Å². The van der Waals surface area contributed by atoms with E-state index in [9.17, 15) is 4.79 Å². The molecule has 1 atom stereocenters. The predicted molar refractivity (Wildman–Crippen MR) is 92.7 cm³/mol. The van der Waals surface area contributed by atoms with Gasteiger partial charge in [0.1, 0.15) is 9.88 Å². The Morgan fingerprint density at radius 2 is 2.00 bits per heavy atom. The van der Waals surface area contributed by atoms with Crippen LogP contribution in [0.4, 0.5) is 0 Å². The summed E-state index contributed by atoms with van der Waals surface area (Å²) in [6, 6.07) is 10.0. The number of aromatic nitrogens is 3. The first kappa shape index (κ1) is 15.8. The molecule has 0 fully saturated rings. The smallest absolute Gasteiger partial charge is 0.267 e. The van der Waals surface area contributed by atoms with Gasteiger partial charge in [-0.25, -0.2) is 4.98 Å². The molecule has 0 unspecified atom stereocenters. The number of amides is 1. The Labute approximate surface area is 142 Å². The predicted octanol–water partition coefficient (Wildman–Crippen LogP) is 3.80. The topological polar surface area (TPSA) is 59.0 Å². The number of aryl methyl sites for hydroxylation is 1. The molecule has 0 bridgehead atoms. The summed E-state index contributed by atoms with van der Waals surface area (Å²) in [5.74, 6) is -0.0680. The van der Waals surface area contributed by atoms with E-state index in [1.54, 1.807) is 23.3 Å². The first-order valence-corrected chi connectivity index (χ1v) is 8.74. The van der Waals surface area contributed by atoms with Crippen molar-refractivity contribution in [2.45, 2.75) is 19.9 Å². The lowest BCUT2D eigenvalue weighted by molar-refractivity contribution is 0.0749. The van der Waals surface area contributed by atoms with Gasteiger partial charge in [-0.2, -0.15) is 0 Å². The van der Waals surface area contributed by atoms with Crippen molar-refractivity contribution < 1.29 is 4.79 Å². The Morgan fingerprint density at radius 3 is 2.65 bits per heavy atom. The van der Waals surface area contributed by atoms with Gasteiger partial charge in [-0.05, 0) is 25.4 Å². The van der Waals surface area contributed by atoms with Crippen molar-refractivity contribution in [3.8, 4) is 10.6 Å². The highest BCUT2D eigenvalue weighted by Gasteiger charge is 2.24. The molecular weight excluding hydrogens is 328 g/mol. The Hall–Kier alpha value is -2.12. The third kappa shape index (κ3) is 3.16. The van der Waals surface area contributed by atoms with E-state index in [1.165, 1.54) is 6.20 Å². The molecule has 23 heavy (non-hydrogen) atoms. The number of thiazole rings is 1. The fourth-order valence-corrected chi connectivity index (χ4v) is 3.95. The van der Waals surface area contributed by atoms with Crippen LogP contribution in [-0.4, -0.2) is 32.4 Å². The summed E-state index contributed by atoms with van der Waals surface area (Å²) in [7, 11) is 1.80. The van der Waals surface area contributed by atoms with Crippen molar-refractivity contribution in [1.82, 2.24) is 19.5 Å². The van der Waals surface area contributed by atoms with E-state index in [-0.39, 0.29) is 11.9 Å². The highest BCUT2D eigenvalue weighted by atomic mass is 32.1. The number of nitrogens with zero attached hydrogens (tertiary/aromatic N) is 4.